The SMILES string of the molecule is COC(=O)c1ccc(NC(=O)N(C)CCc2c(C)n[nH]c2C)cc1Cl. The molecular formula is C17H21ClN4O3. The Morgan fingerprint density at radius 2 is 2.08 bits per heavy atom. The van der Waals surface area contributed by atoms with Crippen LogP contribution < -0.4 is 5.32 Å². The number of esters is 1. The molecular weight excluding hydrogens is 344 g/mol. The van der Waals surface area contributed by atoms with E-state index in [1.165, 1.54) is 19.2 Å². The Kier molecular flexibility index (Phi) is 6.03. The molecule has 0 atom stereocenters. The van der Waals surface area contributed by atoms with Crippen LogP contribution in [0.25, 0.3) is 0 Å². The van der Waals surface area contributed by atoms with E-state index < -0.39 is 5.97 Å². The minimum atomic E-state index is -0.522. The fourth-order valence-corrected chi connectivity index (χ4v) is 2.67. The second kappa shape index (κ2) is 8.02. The van der Waals surface area contributed by atoms with Crippen molar-refractivity contribution in [3.05, 3.63) is 45.7 Å². The van der Waals surface area contributed by atoms with Gasteiger partial charge in [-0.15, -0.1) is 0 Å². The number of aromatic nitrogens is 2. The third kappa shape index (κ3) is 4.51. The number of likely N-dealkylation sites (N-methyl/N-ethyl adjacent to an activating group) is 1. The van der Waals surface area contributed by atoms with Crippen LogP contribution in [0.3, 0.4) is 0 Å². The standard InChI is InChI=1S/C17H21ClN4O3/c1-10-13(11(2)21-20-10)7-8-22(3)17(24)19-12-5-6-14(15(18)9-12)16(23)25-4/h5-6,9H,7-8H2,1-4H3,(H,19,24)(H,20,21). The van der Waals surface area contributed by atoms with E-state index in [4.69, 9.17) is 11.6 Å². The van der Waals surface area contributed by atoms with E-state index in [9.17, 15) is 9.59 Å². The van der Waals surface area contributed by atoms with E-state index in [-0.39, 0.29) is 16.6 Å². The van der Waals surface area contributed by atoms with E-state index in [2.05, 4.69) is 20.3 Å². The van der Waals surface area contributed by atoms with Gasteiger partial charge < -0.3 is 15.0 Å². The highest BCUT2D eigenvalue weighted by atomic mass is 35.5. The zero-order chi connectivity index (χ0) is 18.6. The summed E-state index contributed by atoms with van der Waals surface area (Å²) in [5, 5.41) is 10.1. The highest BCUT2D eigenvalue weighted by Crippen LogP contribution is 2.22. The van der Waals surface area contributed by atoms with Gasteiger partial charge in [-0.3, -0.25) is 5.10 Å². The lowest BCUT2D eigenvalue weighted by Crippen LogP contribution is -2.33. The van der Waals surface area contributed by atoms with Crippen molar-refractivity contribution in [3.63, 3.8) is 0 Å². The first-order valence-corrected chi connectivity index (χ1v) is 8.11. The molecule has 2 aromatic rings. The van der Waals surface area contributed by atoms with Crippen molar-refractivity contribution in [1.82, 2.24) is 15.1 Å². The van der Waals surface area contributed by atoms with E-state index in [1.807, 2.05) is 13.8 Å². The van der Waals surface area contributed by atoms with Crippen molar-refractivity contribution >= 4 is 29.3 Å². The second-order valence-corrected chi connectivity index (χ2v) is 6.11. The van der Waals surface area contributed by atoms with Gasteiger partial charge in [0, 0.05) is 25.0 Å². The van der Waals surface area contributed by atoms with Gasteiger partial charge in [-0.1, -0.05) is 11.6 Å². The number of carbonyl (C=O) groups excluding carboxylic acids is 2. The Balaban J connectivity index is 1.97. The largest absolute Gasteiger partial charge is 0.465 e. The molecule has 0 aliphatic heterocycles. The summed E-state index contributed by atoms with van der Waals surface area (Å²) in [6.07, 6.45) is 0.708. The van der Waals surface area contributed by atoms with Gasteiger partial charge in [0.05, 0.1) is 23.4 Å². The molecule has 0 radical (unpaired) electrons. The smallest absolute Gasteiger partial charge is 0.339 e. The highest BCUT2D eigenvalue weighted by molar-refractivity contribution is 6.33. The number of nitrogens with one attached hydrogen (secondary N) is 2. The molecule has 0 fully saturated rings. The maximum absolute atomic E-state index is 12.3. The van der Waals surface area contributed by atoms with Gasteiger partial charge in [0.15, 0.2) is 0 Å². The highest BCUT2D eigenvalue weighted by Gasteiger charge is 2.14. The van der Waals surface area contributed by atoms with Crippen molar-refractivity contribution in [2.75, 3.05) is 26.0 Å². The Hall–Kier alpha value is -2.54. The van der Waals surface area contributed by atoms with Crippen LogP contribution in [-0.4, -0.2) is 47.8 Å². The number of benzene rings is 1. The predicted octanol–water partition coefficient (Wildman–Crippen LogP) is 3.17. The zero-order valence-electron chi connectivity index (χ0n) is 14.6. The van der Waals surface area contributed by atoms with Gasteiger partial charge in [0.2, 0.25) is 0 Å². The zero-order valence-corrected chi connectivity index (χ0v) is 15.4. The summed E-state index contributed by atoms with van der Waals surface area (Å²) in [6.45, 7) is 4.44. The Labute approximate surface area is 151 Å². The van der Waals surface area contributed by atoms with Gasteiger partial charge in [-0.2, -0.15) is 5.10 Å². The first-order valence-electron chi connectivity index (χ1n) is 7.74. The number of aryl methyl sites for hydroxylation is 2. The maximum atomic E-state index is 12.3. The number of methoxy groups -OCH3 is 1. The number of H-pyrrole nitrogens is 1. The number of aromatic amines is 1. The molecule has 1 aromatic heterocycles. The molecule has 7 nitrogen and oxygen atoms in total. The van der Waals surface area contributed by atoms with Gasteiger partial charge in [0.25, 0.3) is 0 Å². The van der Waals surface area contributed by atoms with E-state index >= 15 is 0 Å². The van der Waals surface area contributed by atoms with Gasteiger partial charge in [0.1, 0.15) is 0 Å². The summed E-state index contributed by atoms with van der Waals surface area (Å²) < 4.78 is 4.64. The topological polar surface area (TPSA) is 87.3 Å². The summed E-state index contributed by atoms with van der Waals surface area (Å²) in [4.78, 5) is 25.4. The molecule has 0 aliphatic carbocycles. The lowest BCUT2D eigenvalue weighted by Gasteiger charge is -2.18. The summed E-state index contributed by atoms with van der Waals surface area (Å²) in [7, 11) is 3.00. The number of hydrogen-bond acceptors (Lipinski definition) is 4. The van der Waals surface area contributed by atoms with Crippen LogP contribution >= 0.6 is 11.6 Å². The fourth-order valence-electron chi connectivity index (χ4n) is 2.41. The Morgan fingerprint density at radius 1 is 1.36 bits per heavy atom. The third-order valence-corrected chi connectivity index (χ3v) is 4.26. The molecule has 1 aromatic carbocycles. The number of nitrogens with zero attached hydrogens (tertiary/aromatic N) is 2. The summed E-state index contributed by atoms with van der Waals surface area (Å²) in [5.41, 5.74) is 3.82. The van der Waals surface area contributed by atoms with Crippen LogP contribution in [0, 0.1) is 13.8 Å². The molecule has 0 saturated carbocycles. The lowest BCUT2D eigenvalue weighted by molar-refractivity contribution is 0.0601. The van der Waals surface area contributed by atoms with E-state index in [1.54, 1.807) is 18.0 Å². The van der Waals surface area contributed by atoms with Crippen LogP contribution in [0.4, 0.5) is 10.5 Å². The van der Waals surface area contributed by atoms with Crippen LogP contribution in [0.5, 0.6) is 0 Å². The molecule has 0 unspecified atom stereocenters. The number of anilines is 1. The van der Waals surface area contributed by atoms with Crippen molar-refractivity contribution in [2.45, 2.75) is 20.3 Å². The predicted molar refractivity (Wildman–Crippen MR) is 96.2 cm³/mol. The van der Waals surface area contributed by atoms with E-state index in [0.29, 0.717) is 18.7 Å². The van der Waals surface area contributed by atoms with Crippen molar-refractivity contribution < 1.29 is 14.3 Å². The number of ether oxygens (including phenoxy) is 1. The summed E-state index contributed by atoms with van der Waals surface area (Å²) in [6, 6.07) is 4.38. The number of amides is 2. The molecule has 2 N–H and O–H groups in total. The average molecular weight is 365 g/mol. The minimum Gasteiger partial charge on any atom is -0.465 e. The maximum Gasteiger partial charge on any atom is 0.339 e. The van der Waals surface area contributed by atoms with Crippen LogP contribution in [0.1, 0.15) is 27.3 Å². The van der Waals surface area contributed by atoms with Crippen LogP contribution in [0.15, 0.2) is 18.2 Å². The van der Waals surface area contributed by atoms with Gasteiger partial charge in [-0.25, -0.2) is 9.59 Å². The normalized spacial score (nSPS) is 10.4. The molecule has 1 heterocycles. The number of hydrogen-bond donors (Lipinski definition) is 2. The molecule has 0 saturated heterocycles. The third-order valence-electron chi connectivity index (χ3n) is 3.95. The van der Waals surface area contributed by atoms with E-state index in [0.717, 1.165) is 17.0 Å². The van der Waals surface area contributed by atoms with Gasteiger partial charge in [-0.05, 0) is 44.0 Å². The molecule has 25 heavy (non-hydrogen) atoms. The molecule has 0 bridgehead atoms. The molecule has 0 spiro atoms. The number of urea groups is 1. The first kappa shape index (κ1) is 18.8. The number of halogens is 1. The number of rotatable bonds is 5. The van der Waals surface area contributed by atoms with Crippen molar-refractivity contribution in [3.8, 4) is 0 Å². The second-order valence-electron chi connectivity index (χ2n) is 5.70. The van der Waals surface area contributed by atoms with Gasteiger partial charge >= 0.3 is 12.0 Å². The van der Waals surface area contributed by atoms with Crippen molar-refractivity contribution in [1.29, 1.82) is 0 Å². The quantitative estimate of drug-likeness (QED) is 0.798. The monoisotopic (exact) mass is 364 g/mol. The Morgan fingerprint density at radius 3 is 2.64 bits per heavy atom. The molecule has 2 amide bonds. The molecule has 8 heteroatoms. The first-order chi connectivity index (χ1) is 11.8. The molecule has 2 rings (SSSR count). The van der Waals surface area contributed by atoms with Crippen LogP contribution in [-0.2, 0) is 11.2 Å². The van der Waals surface area contributed by atoms with Crippen LogP contribution in [0.2, 0.25) is 5.02 Å². The molecule has 134 valence electrons. The summed E-state index contributed by atoms with van der Waals surface area (Å²) in [5.74, 6) is -0.522. The summed E-state index contributed by atoms with van der Waals surface area (Å²) >= 11 is 6.05. The lowest BCUT2D eigenvalue weighted by atomic mass is 10.1. The Bertz CT molecular complexity index is 769. The van der Waals surface area contributed by atoms with Crippen molar-refractivity contribution in [2.24, 2.45) is 0 Å². The molecule has 0 aliphatic rings. The number of carbonyl (C=O) groups is 2. The minimum absolute atomic E-state index is 0.219. The average Bonchev–Trinajstić information content (AvgIpc) is 2.90. The fraction of sp³-hybridized carbons (Fsp3) is 0.353.